The molecule has 1 fully saturated rings. The van der Waals surface area contributed by atoms with Gasteiger partial charge < -0.3 is 15.3 Å². The standard InChI is InChI=1S/C19H17ClN4O.CH2O2/c1-23-9-10-24(19(23)25)15-4-2-3-14(12-15)22-17-7-8-21-18-11-13(20)5-6-16(17)18;2-1-3/h2-8,11-12H,9-10H2,1H3,(H,21,22);1H,(H,2,3). The van der Waals surface area contributed by atoms with Crippen LogP contribution in [0.25, 0.3) is 10.9 Å². The maximum Gasteiger partial charge on any atom is 0.324 e. The van der Waals surface area contributed by atoms with Crippen LogP contribution in [-0.2, 0) is 4.79 Å². The Hall–Kier alpha value is -3.32. The summed E-state index contributed by atoms with van der Waals surface area (Å²) in [5.74, 6) is 0. The third kappa shape index (κ3) is 4.15. The quantitative estimate of drug-likeness (QED) is 0.645. The van der Waals surface area contributed by atoms with Crippen LogP contribution in [0.2, 0.25) is 5.02 Å². The van der Waals surface area contributed by atoms with Crippen LogP contribution in [0, 0.1) is 0 Å². The van der Waals surface area contributed by atoms with Gasteiger partial charge in [0.15, 0.2) is 0 Å². The van der Waals surface area contributed by atoms with Gasteiger partial charge in [0.2, 0.25) is 0 Å². The zero-order valence-corrected chi connectivity index (χ0v) is 15.9. The number of nitrogens with zero attached hydrogens (tertiary/aromatic N) is 3. The number of aromatic nitrogens is 1. The van der Waals surface area contributed by atoms with Gasteiger partial charge in [0.05, 0.1) is 5.52 Å². The zero-order valence-electron chi connectivity index (χ0n) is 15.2. The molecule has 2 N–H and O–H groups in total. The smallest absolute Gasteiger partial charge is 0.324 e. The van der Waals surface area contributed by atoms with Crippen LogP contribution in [0.3, 0.4) is 0 Å². The first-order chi connectivity index (χ1) is 13.5. The van der Waals surface area contributed by atoms with Gasteiger partial charge in [0, 0.05) is 53.8 Å². The summed E-state index contributed by atoms with van der Waals surface area (Å²) in [6.07, 6.45) is 1.75. The molecule has 1 aromatic heterocycles. The molecule has 8 heteroatoms. The van der Waals surface area contributed by atoms with Crippen molar-refractivity contribution in [2.24, 2.45) is 0 Å². The number of pyridine rings is 1. The number of urea groups is 1. The molecule has 0 saturated carbocycles. The molecule has 0 radical (unpaired) electrons. The highest BCUT2D eigenvalue weighted by molar-refractivity contribution is 6.31. The maximum atomic E-state index is 12.2. The largest absolute Gasteiger partial charge is 0.483 e. The SMILES string of the molecule is CN1CCN(c2cccc(Nc3ccnc4cc(Cl)ccc34)c2)C1=O.O=CO. The first-order valence-electron chi connectivity index (χ1n) is 8.55. The molecule has 144 valence electrons. The number of halogens is 1. The lowest BCUT2D eigenvalue weighted by molar-refractivity contribution is -0.122. The summed E-state index contributed by atoms with van der Waals surface area (Å²) in [6, 6.07) is 15.5. The van der Waals surface area contributed by atoms with Crippen LogP contribution in [0.5, 0.6) is 0 Å². The van der Waals surface area contributed by atoms with Gasteiger partial charge in [0.25, 0.3) is 6.47 Å². The van der Waals surface area contributed by atoms with E-state index in [2.05, 4.69) is 10.3 Å². The molecule has 2 heterocycles. The Bertz CT molecular complexity index is 1010. The molecule has 28 heavy (non-hydrogen) atoms. The van der Waals surface area contributed by atoms with E-state index in [1.54, 1.807) is 16.0 Å². The van der Waals surface area contributed by atoms with Crippen molar-refractivity contribution in [1.29, 1.82) is 0 Å². The van der Waals surface area contributed by atoms with Gasteiger partial charge in [-0.25, -0.2) is 4.79 Å². The van der Waals surface area contributed by atoms with E-state index >= 15 is 0 Å². The third-order valence-corrected chi connectivity index (χ3v) is 4.59. The summed E-state index contributed by atoms with van der Waals surface area (Å²) < 4.78 is 0. The Morgan fingerprint density at radius 3 is 2.68 bits per heavy atom. The summed E-state index contributed by atoms with van der Waals surface area (Å²) in [6.45, 7) is 1.20. The van der Waals surface area contributed by atoms with E-state index in [0.29, 0.717) is 11.6 Å². The van der Waals surface area contributed by atoms with Crippen LogP contribution in [0.4, 0.5) is 21.9 Å². The molecule has 4 rings (SSSR count). The van der Waals surface area contributed by atoms with Crippen LogP contribution in [-0.4, -0.2) is 47.6 Å². The van der Waals surface area contributed by atoms with E-state index in [9.17, 15) is 4.79 Å². The molecule has 0 atom stereocenters. The molecular weight excluding hydrogens is 380 g/mol. The summed E-state index contributed by atoms with van der Waals surface area (Å²) in [7, 11) is 1.82. The normalized spacial score (nSPS) is 13.3. The van der Waals surface area contributed by atoms with E-state index in [1.807, 2.05) is 55.6 Å². The average Bonchev–Trinajstić information content (AvgIpc) is 3.01. The van der Waals surface area contributed by atoms with Gasteiger partial charge in [-0.05, 0) is 42.5 Å². The number of rotatable bonds is 3. The number of amides is 2. The van der Waals surface area contributed by atoms with Gasteiger partial charge >= 0.3 is 6.03 Å². The lowest BCUT2D eigenvalue weighted by Gasteiger charge is -2.17. The van der Waals surface area contributed by atoms with Crippen molar-refractivity contribution >= 4 is 52.1 Å². The topological polar surface area (TPSA) is 85.8 Å². The number of hydrogen-bond donors (Lipinski definition) is 2. The molecule has 0 spiro atoms. The highest BCUT2D eigenvalue weighted by Gasteiger charge is 2.26. The van der Waals surface area contributed by atoms with E-state index in [-0.39, 0.29) is 12.5 Å². The molecule has 2 aromatic carbocycles. The van der Waals surface area contributed by atoms with Crippen molar-refractivity contribution in [3.8, 4) is 0 Å². The molecular formula is C20H19ClN4O3. The van der Waals surface area contributed by atoms with Crippen molar-refractivity contribution in [3.05, 3.63) is 59.8 Å². The van der Waals surface area contributed by atoms with E-state index < -0.39 is 0 Å². The minimum Gasteiger partial charge on any atom is -0.483 e. The van der Waals surface area contributed by atoms with E-state index in [4.69, 9.17) is 21.5 Å². The van der Waals surface area contributed by atoms with Crippen LogP contribution in [0.15, 0.2) is 54.7 Å². The molecule has 2 amide bonds. The second-order valence-electron chi connectivity index (χ2n) is 6.16. The number of carbonyl (C=O) groups excluding carboxylic acids is 1. The summed E-state index contributed by atoms with van der Waals surface area (Å²) in [5, 5.41) is 12.0. The van der Waals surface area contributed by atoms with E-state index in [1.165, 1.54) is 0 Å². The summed E-state index contributed by atoms with van der Waals surface area (Å²) in [5.41, 5.74) is 3.59. The summed E-state index contributed by atoms with van der Waals surface area (Å²) >= 11 is 6.05. The Kier molecular flexibility index (Phi) is 5.96. The van der Waals surface area contributed by atoms with E-state index in [0.717, 1.165) is 34.5 Å². The Morgan fingerprint density at radius 1 is 1.18 bits per heavy atom. The number of anilines is 3. The number of carbonyl (C=O) groups is 2. The average molecular weight is 399 g/mol. The first kappa shape index (κ1) is 19.4. The first-order valence-corrected chi connectivity index (χ1v) is 8.93. The van der Waals surface area contributed by atoms with Crippen molar-refractivity contribution in [1.82, 2.24) is 9.88 Å². The minimum absolute atomic E-state index is 0.0288. The molecule has 0 bridgehead atoms. The maximum absolute atomic E-state index is 12.2. The lowest BCUT2D eigenvalue weighted by Crippen LogP contribution is -2.29. The fourth-order valence-corrected chi connectivity index (χ4v) is 3.19. The van der Waals surface area contributed by atoms with Crippen LogP contribution < -0.4 is 10.2 Å². The lowest BCUT2D eigenvalue weighted by atomic mass is 10.1. The zero-order chi connectivity index (χ0) is 20.1. The second-order valence-corrected chi connectivity index (χ2v) is 6.59. The number of fused-ring (bicyclic) bond motifs is 1. The highest BCUT2D eigenvalue weighted by atomic mass is 35.5. The molecule has 3 aromatic rings. The molecule has 1 aliphatic rings. The fraction of sp³-hybridized carbons (Fsp3) is 0.150. The number of hydrogen-bond acceptors (Lipinski definition) is 4. The highest BCUT2D eigenvalue weighted by Crippen LogP contribution is 2.29. The van der Waals surface area contributed by atoms with Crippen molar-refractivity contribution in [3.63, 3.8) is 0 Å². The van der Waals surface area contributed by atoms with Crippen molar-refractivity contribution in [2.75, 3.05) is 30.4 Å². The van der Waals surface area contributed by atoms with Gasteiger partial charge in [-0.15, -0.1) is 0 Å². The fourth-order valence-electron chi connectivity index (χ4n) is 3.02. The van der Waals surface area contributed by atoms with Gasteiger partial charge in [0.1, 0.15) is 0 Å². The Balaban J connectivity index is 0.000000706. The molecule has 1 saturated heterocycles. The summed E-state index contributed by atoms with van der Waals surface area (Å²) in [4.78, 5) is 28.4. The number of likely N-dealkylation sites (N-methyl/N-ethyl adjacent to an activating group) is 1. The van der Waals surface area contributed by atoms with Crippen LogP contribution in [0.1, 0.15) is 0 Å². The Morgan fingerprint density at radius 2 is 1.96 bits per heavy atom. The number of carboxylic acid groups (broad SMARTS) is 1. The van der Waals surface area contributed by atoms with Crippen LogP contribution >= 0.6 is 11.6 Å². The van der Waals surface area contributed by atoms with Gasteiger partial charge in [-0.1, -0.05) is 17.7 Å². The van der Waals surface area contributed by atoms with Gasteiger partial charge in [-0.3, -0.25) is 14.7 Å². The number of nitrogens with one attached hydrogen (secondary N) is 1. The minimum atomic E-state index is -0.250. The van der Waals surface area contributed by atoms with Gasteiger partial charge in [-0.2, -0.15) is 0 Å². The molecule has 0 unspecified atom stereocenters. The number of benzene rings is 2. The molecule has 0 aliphatic carbocycles. The predicted molar refractivity (Wildman–Crippen MR) is 111 cm³/mol. The second kappa shape index (κ2) is 8.58. The Labute approximate surface area is 167 Å². The van der Waals surface area contributed by atoms with Crippen molar-refractivity contribution in [2.45, 2.75) is 0 Å². The van der Waals surface area contributed by atoms with Crippen molar-refractivity contribution < 1.29 is 14.7 Å². The molecule has 1 aliphatic heterocycles. The third-order valence-electron chi connectivity index (χ3n) is 4.36. The predicted octanol–water partition coefficient (Wildman–Crippen LogP) is 4.20. The molecule has 7 nitrogen and oxygen atoms in total. The monoisotopic (exact) mass is 398 g/mol.